The van der Waals surface area contributed by atoms with Gasteiger partial charge in [-0.3, -0.25) is 0 Å². The van der Waals surface area contributed by atoms with Gasteiger partial charge in [-0.1, -0.05) is 82.8 Å². The van der Waals surface area contributed by atoms with Gasteiger partial charge in [0.2, 0.25) is 0 Å². The van der Waals surface area contributed by atoms with Crippen LogP contribution in [-0.4, -0.2) is 7.85 Å². The molecular formula is C15H20I2. The third kappa shape index (κ3) is 2.05. The van der Waals surface area contributed by atoms with Crippen LogP contribution in [-0.2, 0) is 0 Å². The highest BCUT2D eigenvalue weighted by atomic mass is 127. The van der Waals surface area contributed by atoms with Crippen molar-refractivity contribution < 1.29 is 0 Å². The molecule has 0 aromatic carbocycles. The number of alkyl halides is 2. The van der Waals surface area contributed by atoms with Crippen molar-refractivity contribution in [3.63, 3.8) is 0 Å². The van der Waals surface area contributed by atoms with E-state index in [2.05, 4.69) is 77.3 Å². The van der Waals surface area contributed by atoms with Crippen LogP contribution in [0.5, 0.6) is 0 Å². The first kappa shape index (κ1) is 12.9. The van der Waals surface area contributed by atoms with Crippen molar-refractivity contribution in [3.8, 4) is 0 Å². The Morgan fingerprint density at radius 3 is 2.65 bits per heavy atom. The van der Waals surface area contributed by atoms with E-state index < -0.39 is 0 Å². The number of halogens is 2. The maximum atomic E-state index is 2.61. The van der Waals surface area contributed by atoms with E-state index in [9.17, 15) is 0 Å². The van der Waals surface area contributed by atoms with Gasteiger partial charge in [0.25, 0.3) is 0 Å². The molecule has 1 fully saturated rings. The van der Waals surface area contributed by atoms with Gasteiger partial charge in [0, 0.05) is 7.85 Å². The summed E-state index contributed by atoms with van der Waals surface area (Å²) in [5.41, 5.74) is 2.22. The highest BCUT2D eigenvalue weighted by molar-refractivity contribution is 14.1. The second-order valence-electron chi connectivity index (χ2n) is 6.36. The predicted octanol–water partition coefficient (Wildman–Crippen LogP) is 5.16. The second kappa shape index (κ2) is 4.50. The number of fused-ring (bicyclic) bond motifs is 3. The van der Waals surface area contributed by atoms with E-state index in [1.165, 1.54) is 19.3 Å². The molecule has 2 heteroatoms. The Hall–Kier alpha value is 0.940. The van der Waals surface area contributed by atoms with Crippen molar-refractivity contribution in [3.05, 3.63) is 23.8 Å². The Bertz CT molecular complexity index is 380. The average molecular weight is 454 g/mol. The minimum absolute atomic E-state index is 0.438. The molecule has 0 radical (unpaired) electrons. The van der Waals surface area contributed by atoms with Gasteiger partial charge < -0.3 is 0 Å². The van der Waals surface area contributed by atoms with Crippen LogP contribution in [0.2, 0.25) is 0 Å². The summed E-state index contributed by atoms with van der Waals surface area (Å²) in [6, 6.07) is 0. The van der Waals surface area contributed by atoms with E-state index in [0.29, 0.717) is 5.41 Å². The Balaban J connectivity index is 2.02. The maximum Gasteiger partial charge on any atom is 0.0292 e. The standard InChI is InChI=1S/C15H20I2/c1-15(2)13-7-9(16)3-5-11(13)12-6-4-10(17)8-14(12)15/h3,5,8-13H,4,6-7H2,1-2H3/t9?,10-,11?,12?,13+/m1/s1. The monoisotopic (exact) mass is 454 g/mol. The Labute approximate surface area is 132 Å². The van der Waals surface area contributed by atoms with Gasteiger partial charge in [-0.25, -0.2) is 0 Å². The zero-order chi connectivity index (χ0) is 12.2. The molecule has 0 aromatic heterocycles. The van der Waals surface area contributed by atoms with Gasteiger partial charge >= 0.3 is 0 Å². The van der Waals surface area contributed by atoms with Crippen molar-refractivity contribution in [2.45, 2.75) is 41.0 Å². The normalized spacial score (nSPS) is 47.3. The van der Waals surface area contributed by atoms with Crippen LogP contribution >= 0.6 is 45.2 Å². The summed E-state index contributed by atoms with van der Waals surface area (Å²) in [5, 5.41) is 0. The largest absolute Gasteiger partial charge is 0.0835 e. The number of hydrogen-bond acceptors (Lipinski definition) is 0. The van der Waals surface area contributed by atoms with Crippen LogP contribution in [0.4, 0.5) is 0 Å². The molecule has 3 unspecified atom stereocenters. The molecule has 0 aromatic rings. The van der Waals surface area contributed by atoms with Crippen LogP contribution in [0, 0.1) is 23.2 Å². The maximum absolute atomic E-state index is 2.61. The molecule has 0 spiro atoms. The van der Waals surface area contributed by atoms with E-state index >= 15 is 0 Å². The molecule has 3 aliphatic carbocycles. The fraction of sp³-hybridized carbons (Fsp3) is 0.733. The van der Waals surface area contributed by atoms with Crippen LogP contribution in [0.25, 0.3) is 0 Å². The molecule has 0 saturated heterocycles. The average Bonchev–Trinajstić information content (AvgIpc) is 2.49. The molecule has 0 N–H and O–H groups in total. The van der Waals surface area contributed by atoms with Crippen molar-refractivity contribution in [1.82, 2.24) is 0 Å². The fourth-order valence-corrected chi connectivity index (χ4v) is 5.79. The molecular weight excluding hydrogens is 434 g/mol. The van der Waals surface area contributed by atoms with E-state index in [1.54, 1.807) is 5.57 Å². The molecule has 1 saturated carbocycles. The lowest BCUT2D eigenvalue weighted by atomic mass is 9.72. The number of rotatable bonds is 0. The lowest BCUT2D eigenvalue weighted by Crippen LogP contribution is -2.27. The molecule has 0 aliphatic heterocycles. The van der Waals surface area contributed by atoms with Crippen molar-refractivity contribution >= 4 is 45.2 Å². The van der Waals surface area contributed by atoms with Gasteiger partial charge in [-0.15, -0.1) is 0 Å². The summed E-state index contributed by atoms with van der Waals surface area (Å²) >= 11 is 5.21. The van der Waals surface area contributed by atoms with Crippen LogP contribution in [0.3, 0.4) is 0 Å². The lowest BCUT2D eigenvalue weighted by molar-refractivity contribution is 0.240. The molecule has 0 amide bonds. The molecule has 0 bridgehead atoms. The molecule has 0 nitrogen and oxygen atoms in total. The zero-order valence-corrected chi connectivity index (χ0v) is 14.8. The second-order valence-corrected chi connectivity index (χ2v) is 9.56. The summed E-state index contributed by atoms with van der Waals surface area (Å²) in [6.07, 6.45) is 11.8. The summed E-state index contributed by atoms with van der Waals surface area (Å²) in [5.74, 6) is 2.58. The van der Waals surface area contributed by atoms with E-state index in [1.807, 2.05) is 0 Å². The van der Waals surface area contributed by atoms with E-state index in [-0.39, 0.29) is 0 Å². The third-order valence-electron chi connectivity index (χ3n) is 5.13. The lowest BCUT2D eigenvalue weighted by Gasteiger charge is -2.34. The Morgan fingerprint density at radius 1 is 1.12 bits per heavy atom. The van der Waals surface area contributed by atoms with Crippen LogP contribution < -0.4 is 0 Å². The molecule has 5 atom stereocenters. The first-order valence-electron chi connectivity index (χ1n) is 6.69. The first-order chi connectivity index (χ1) is 8.00. The molecule has 17 heavy (non-hydrogen) atoms. The summed E-state index contributed by atoms with van der Waals surface area (Å²) in [4.78, 5) is 0. The highest BCUT2D eigenvalue weighted by Gasteiger charge is 2.52. The van der Waals surface area contributed by atoms with Crippen molar-refractivity contribution in [2.24, 2.45) is 23.2 Å². The summed E-state index contributed by atoms with van der Waals surface area (Å²) in [7, 11) is 0. The van der Waals surface area contributed by atoms with Crippen LogP contribution in [0.1, 0.15) is 33.1 Å². The highest BCUT2D eigenvalue weighted by Crippen LogP contribution is 2.60. The van der Waals surface area contributed by atoms with Crippen molar-refractivity contribution in [2.75, 3.05) is 0 Å². The van der Waals surface area contributed by atoms with E-state index in [0.717, 1.165) is 25.6 Å². The molecule has 0 heterocycles. The third-order valence-corrected chi connectivity index (χ3v) is 7.04. The van der Waals surface area contributed by atoms with Gasteiger partial charge in [0.15, 0.2) is 0 Å². The fourth-order valence-electron chi connectivity index (χ4n) is 4.25. The Morgan fingerprint density at radius 2 is 1.88 bits per heavy atom. The molecule has 3 aliphatic rings. The van der Waals surface area contributed by atoms with Gasteiger partial charge in [-0.05, 0) is 42.4 Å². The van der Waals surface area contributed by atoms with Gasteiger partial charge in [0.05, 0.1) is 0 Å². The molecule has 3 rings (SSSR count). The first-order valence-corrected chi connectivity index (χ1v) is 9.18. The van der Waals surface area contributed by atoms with Crippen molar-refractivity contribution in [1.29, 1.82) is 0 Å². The van der Waals surface area contributed by atoms with Crippen LogP contribution in [0.15, 0.2) is 23.8 Å². The topological polar surface area (TPSA) is 0 Å². The minimum atomic E-state index is 0.438. The van der Waals surface area contributed by atoms with Gasteiger partial charge in [-0.2, -0.15) is 0 Å². The number of hydrogen-bond donors (Lipinski definition) is 0. The minimum Gasteiger partial charge on any atom is -0.0835 e. The number of allylic oxidation sites excluding steroid dienone is 4. The SMILES string of the molecule is CC1(C)C2=C[C@H](I)CCC2C2C=CC(I)C[C@@H]21. The van der Waals surface area contributed by atoms with E-state index in [4.69, 9.17) is 0 Å². The van der Waals surface area contributed by atoms with Gasteiger partial charge in [0.1, 0.15) is 0 Å². The Kier molecular flexibility index (Phi) is 3.42. The summed E-state index contributed by atoms with van der Waals surface area (Å²) < 4.78 is 1.53. The molecule has 94 valence electrons. The predicted molar refractivity (Wildman–Crippen MR) is 90.9 cm³/mol. The quantitative estimate of drug-likeness (QED) is 0.270. The smallest absolute Gasteiger partial charge is 0.0292 e. The zero-order valence-electron chi connectivity index (χ0n) is 10.5. The summed E-state index contributed by atoms with van der Waals surface area (Å²) in [6.45, 7) is 4.99.